The van der Waals surface area contributed by atoms with Gasteiger partial charge in [0.2, 0.25) is 0 Å². The summed E-state index contributed by atoms with van der Waals surface area (Å²) in [7, 11) is 3.90. The zero-order chi connectivity index (χ0) is 13.4. The van der Waals surface area contributed by atoms with Crippen LogP contribution in [0.5, 0.6) is 0 Å². The molecule has 5 nitrogen and oxygen atoms in total. The highest BCUT2D eigenvalue weighted by atomic mass is 16.5. The van der Waals surface area contributed by atoms with Gasteiger partial charge in [-0.15, -0.1) is 0 Å². The molecule has 1 saturated carbocycles. The second-order valence-electron chi connectivity index (χ2n) is 4.88. The molecule has 1 fully saturated rings. The number of guanidine groups is 1. The van der Waals surface area contributed by atoms with E-state index in [9.17, 15) is 0 Å². The number of methoxy groups -OCH3 is 1. The van der Waals surface area contributed by atoms with E-state index >= 15 is 0 Å². The molecule has 1 rings (SSSR count). The molecule has 0 aromatic rings. The van der Waals surface area contributed by atoms with Crippen molar-refractivity contribution in [2.24, 2.45) is 4.99 Å². The molecule has 0 aromatic carbocycles. The van der Waals surface area contributed by atoms with E-state index in [1.807, 2.05) is 0 Å². The van der Waals surface area contributed by atoms with Crippen molar-refractivity contribution < 1.29 is 4.74 Å². The fourth-order valence-corrected chi connectivity index (χ4v) is 1.81. The van der Waals surface area contributed by atoms with Crippen molar-refractivity contribution in [2.45, 2.75) is 38.8 Å². The third kappa shape index (κ3) is 5.69. The van der Waals surface area contributed by atoms with Gasteiger partial charge >= 0.3 is 0 Å². The quantitative estimate of drug-likeness (QED) is 0.381. The summed E-state index contributed by atoms with van der Waals surface area (Å²) in [6.45, 7) is 7.51. The highest BCUT2D eigenvalue weighted by Crippen LogP contribution is 2.26. The number of ether oxygens (including phenoxy) is 1. The fraction of sp³-hybridized carbons (Fsp3) is 0.923. The molecule has 0 aliphatic heterocycles. The molecule has 1 aliphatic carbocycles. The number of aliphatic imine (C=N–C) groups is 1. The highest BCUT2D eigenvalue weighted by Gasteiger charge is 2.28. The Balaban J connectivity index is 2.32. The fourth-order valence-electron chi connectivity index (χ4n) is 1.81. The minimum absolute atomic E-state index is 0.496. The highest BCUT2D eigenvalue weighted by molar-refractivity contribution is 5.79. The predicted molar refractivity (Wildman–Crippen MR) is 76.1 cm³/mol. The van der Waals surface area contributed by atoms with Crippen molar-refractivity contribution in [1.29, 1.82) is 0 Å². The zero-order valence-electron chi connectivity index (χ0n) is 12.2. The maximum Gasteiger partial charge on any atom is 0.191 e. The number of likely N-dealkylation sites (N-methyl/N-ethyl adjacent to an activating group) is 1. The van der Waals surface area contributed by atoms with Crippen LogP contribution in [-0.2, 0) is 4.74 Å². The Kier molecular flexibility index (Phi) is 7.05. The van der Waals surface area contributed by atoms with Gasteiger partial charge in [-0.3, -0.25) is 9.89 Å². The van der Waals surface area contributed by atoms with Crippen LogP contribution in [0.15, 0.2) is 4.99 Å². The minimum atomic E-state index is 0.496. The summed E-state index contributed by atoms with van der Waals surface area (Å²) >= 11 is 0. The smallest absolute Gasteiger partial charge is 0.191 e. The van der Waals surface area contributed by atoms with Crippen molar-refractivity contribution in [3.05, 3.63) is 0 Å². The average Bonchev–Trinajstić information content (AvgIpc) is 3.19. The van der Waals surface area contributed by atoms with Crippen LogP contribution in [0.3, 0.4) is 0 Å². The maximum atomic E-state index is 5.02. The second kappa shape index (κ2) is 8.32. The summed E-state index contributed by atoms with van der Waals surface area (Å²) in [5.41, 5.74) is 0. The lowest BCUT2D eigenvalue weighted by Crippen LogP contribution is -2.40. The van der Waals surface area contributed by atoms with E-state index in [1.165, 1.54) is 12.8 Å². The summed E-state index contributed by atoms with van der Waals surface area (Å²) in [4.78, 5) is 7.05. The van der Waals surface area contributed by atoms with E-state index < -0.39 is 0 Å². The van der Waals surface area contributed by atoms with Crippen LogP contribution in [0.4, 0.5) is 0 Å². The van der Waals surface area contributed by atoms with E-state index in [2.05, 4.69) is 41.4 Å². The number of hydrogen-bond acceptors (Lipinski definition) is 3. The van der Waals surface area contributed by atoms with Crippen LogP contribution in [0.1, 0.15) is 26.7 Å². The third-order valence-electron chi connectivity index (χ3n) is 3.27. The Hall–Kier alpha value is -0.810. The van der Waals surface area contributed by atoms with Crippen LogP contribution < -0.4 is 10.6 Å². The lowest BCUT2D eigenvalue weighted by atomic mass is 10.3. The Bertz CT molecular complexity index is 253. The standard InChI is InChI=1S/C13H28N4O/c1-5-14-13(15-8-9-18-4)16-10-11(2)17(3)12-6-7-12/h11-12H,5-10H2,1-4H3,(H2,14,15,16). The summed E-state index contributed by atoms with van der Waals surface area (Å²) in [5.74, 6) is 0.880. The normalized spacial score (nSPS) is 17.9. The molecular formula is C13H28N4O. The SMILES string of the molecule is CCNC(=NCC(C)N(C)C1CC1)NCCOC. The third-order valence-corrected chi connectivity index (χ3v) is 3.27. The molecular weight excluding hydrogens is 228 g/mol. The average molecular weight is 256 g/mol. The van der Waals surface area contributed by atoms with Crippen LogP contribution in [-0.4, -0.2) is 63.3 Å². The van der Waals surface area contributed by atoms with Gasteiger partial charge in [0.15, 0.2) is 5.96 Å². The zero-order valence-corrected chi connectivity index (χ0v) is 12.2. The largest absolute Gasteiger partial charge is 0.383 e. The van der Waals surface area contributed by atoms with Gasteiger partial charge < -0.3 is 15.4 Å². The first-order valence-electron chi connectivity index (χ1n) is 6.92. The summed E-state index contributed by atoms with van der Waals surface area (Å²) in [6.07, 6.45) is 2.69. The van der Waals surface area contributed by atoms with Crippen LogP contribution in [0.2, 0.25) is 0 Å². The van der Waals surface area contributed by atoms with Crippen molar-refractivity contribution in [1.82, 2.24) is 15.5 Å². The van der Waals surface area contributed by atoms with E-state index in [4.69, 9.17) is 4.74 Å². The molecule has 0 saturated heterocycles. The molecule has 106 valence electrons. The Labute approximate surface area is 111 Å². The van der Waals surface area contributed by atoms with Crippen molar-refractivity contribution in [2.75, 3.05) is 40.4 Å². The van der Waals surface area contributed by atoms with Gasteiger partial charge in [0, 0.05) is 32.3 Å². The molecule has 0 amide bonds. The lowest BCUT2D eigenvalue weighted by Gasteiger charge is -2.23. The predicted octanol–water partition coefficient (Wildman–Crippen LogP) is 0.671. The molecule has 1 atom stereocenters. The van der Waals surface area contributed by atoms with E-state index in [-0.39, 0.29) is 0 Å². The first-order chi connectivity index (χ1) is 8.69. The van der Waals surface area contributed by atoms with Crippen molar-refractivity contribution in [3.8, 4) is 0 Å². The van der Waals surface area contributed by atoms with Crippen LogP contribution in [0.25, 0.3) is 0 Å². The Morgan fingerprint density at radius 3 is 2.72 bits per heavy atom. The summed E-state index contributed by atoms with van der Waals surface area (Å²) in [5, 5.41) is 6.50. The van der Waals surface area contributed by atoms with Gasteiger partial charge in [-0.25, -0.2) is 0 Å². The molecule has 0 aromatic heterocycles. The summed E-state index contributed by atoms with van der Waals surface area (Å²) in [6, 6.07) is 1.29. The van der Waals surface area contributed by atoms with Gasteiger partial charge in [-0.2, -0.15) is 0 Å². The number of hydrogen-bond donors (Lipinski definition) is 2. The maximum absolute atomic E-state index is 5.02. The summed E-state index contributed by atoms with van der Waals surface area (Å²) < 4.78 is 5.02. The van der Waals surface area contributed by atoms with Gasteiger partial charge in [-0.05, 0) is 33.7 Å². The van der Waals surface area contributed by atoms with E-state index in [1.54, 1.807) is 7.11 Å². The topological polar surface area (TPSA) is 48.9 Å². The number of rotatable bonds is 8. The van der Waals surface area contributed by atoms with Gasteiger partial charge in [0.1, 0.15) is 0 Å². The Morgan fingerprint density at radius 1 is 1.44 bits per heavy atom. The van der Waals surface area contributed by atoms with Gasteiger partial charge in [0.25, 0.3) is 0 Å². The van der Waals surface area contributed by atoms with Crippen molar-refractivity contribution >= 4 is 5.96 Å². The Morgan fingerprint density at radius 2 is 2.17 bits per heavy atom. The molecule has 2 N–H and O–H groups in total. The lowest BCUT2D eigenvalue weighted by molar-refractivity contribution is 0.203. The first-order valence-corrected chi connectivity index (χ1v) is 6.92. The second-order valence-corrected chi connectivity index (χ2v) is 4.88. The molecule has 0 spiro atoms. The van der Waals surface area contributed by atoms with Crippen molar-refractivity contribution in [3.63, 3.8) is 0 Å². The molecule has 0 heterocycles. The van der Waals surface area contributed by atoms with E-state index in [0.717, 1.165) is 31.6 Å². The number of nitrogens with zero attached hydrogens (tertiary/aromatic N) is 2. The molecule has 1 aliphatic rings. The molecule has 0 bridgehead atoms. The molecule has 0 radical (unpaired) electrons. The van der Waals surface area contributed by atoms with Crippen LogP contribution >= 0.6 is 0 Å². The van der Waals surface area contributed by atoms with E-state index in [0.29, 0.717) is 12.6 Å². The molecule has 1 unspecified atom stereocenters. The molecule has 18 heavy (non-hydrogen) atoms. The minimum Gasteiger partial charge on any atom is -0.383 e. The van der Waals surface area contributed by atoms with Gasteiger partial charge in [0.05, 0.1) is 13.2 Å². The number of nitrogens with one attached hydrogen (secondary N) is 2. The first kappa shape index (κ1) is 15.2. The monoisotopic (exact) mass is 256 g/mol. The van der Waals surface area contributed by atoms with Gasteiger partial charge in [-0.1, -0.05) is 0 Å². The molecule has 5 heteroatoms. The van der Waals surface area contributed by atoms with Crippen LogP contribution in [0, 0.1) is 0 Å².